The zero-order chi connectivity index (χ0) is 12.3. The van der Waals surface area contributed by atoms with Crippen molar-refractivity contribution in [2.24, 2.45) is 0 Å². The van der Waals surface area contributed by atoms with E-state index in [1.807, 2.05) is 0 Å². The Morgan fingerprint density at radius 1 is 1.29 bits per heavy atom. The highest BCUT2D eigenvalue weighted by molar-refractivity contribution is 5.94. The fourth-order valence-corrected chi connectivity index (χ4v) is 2.50. The zero-order valence-electron chi connectivity index (χ0n) is 10.3. The second-order valence-electron chi connectivity index (χ2n) is 4.75. The van der Waals surface area contributed by atoms with Crippen LogP contribution in [0.15, 0.2) is 0 Å². The van der Waals surface area contributed by atoms with Crippen LogP contribution in [0, 0.1) is 0 Å². The van der Waals surface area contributed by atoms with E-state index in [1.165, 1.54) is 30.6 Å². The molecule has 2 rings (SSSR count). The van der Waals surface area contributed by atoms with Crippen LogP contribution in [0.4, 0.5) is 9.59 Å². The Morgan fingerprint density at radius 2 is 2.06 bits per heavy atom. The van der Waals surface area contributed by atoms with Gasteiger partial charge in [0, 0.05) is 6.54 Å². The molecular formula is C12H20N2O3. The summed E-state index contributed by atoms with van der Waals surface area (Å²) in [4.78, 5) is 24.0. The normalized spacial score (nSPS) is 27.0. The van der Waals surface area contributed by atoms with E-state index in [2.05, 4.69) is 12.2 Å². The Morgan fingerprint density at radius 3 is 2.82 bits per heavy atom. The van der Waals surface area contributed by atoms with E-state index in [4.69, 9.17) is 4.74 Å². The molecule has 2 unspecified atom stereocenters. The number of hydrogen-bond donors (Lipinski definition) is 1. The number of carbonyl (C=O) groups is 2. The number of carbonyl (C=O) groups excluding carboxylic acids is 2. The van der Waals surface area contributed by atoms with E-state index in [0.29, 0.717) is 6.54 Å². The Bertz CT molecular complexity index is 306. The van der Waals surface area contributed by atoms with E-state index in [-0.39, 0.29) is 18.2 Å². The van der Waals surface area contributed by atoms with Crippen LogP contribution in [0.3, 0.4) is 0 Å². The molecule has 2 fully saturated rings. The molecule has 1 N–H and O–H groups in total. The molecule has 0 bridgehead atoms. The molecule has 2 heterocycles. The van der Waals surface area contributed by atoms with Gasteiger partial charge in [-0.2, -0.15) is 0 Å². The summed E-state index contributed by atoms with van der Waals surface area (Å²) in [6, 6.07) is -0.394. The van der Waals surface area contributed by atoms with E-state index in [9.17, 15) is 9.59 Å². The molecule has 5 heteroatoms. The van der Waals surface area contributed by atoms with Gasteiger partial charge in [0.2, 0.25) is 0 Å². The minimum Gasteiger partial charge on any atom is -0.443 e. The van der Waals surface area contributed by atoms with Crippen LogP contribution in [0.5, 0.6) is 0 Å². The van der Waals surface area contributed by atoms with Crippen molar-refractivity contribution >= 4 is 12.1 Å². The lowest BCUT2D eigenvalue weighted by Gasteiger charge is -2.13. The van der Waals surface area contributed by atoms with Crippen LogP contribution in [-0.4, -0.2) is 35.7 Å². The number of nitrogens with one attached hydrogen (secondary N) is 1. The molecule has 2 aliphatic heterocycles. The lowest BCUT2D eigenvalue weighted by molar-refractivity contribution is 0.121. The molecule has 2 aliphatic rings. The summed E-state index contributed by atoms with van der Waals surface area (Å²) >= 11 is 0. The molecule has 0 aromatic heterocycles. The number of unbranched alkanes of at least 4 members (excludes halogenated alkanes) is 4. The Labute approximate surface area is 101 Å². The molecule has 17 heavy (non-hydrogen) atoms. The molecule has 0 aliphatic carbocycles. The van der Waals surface area contributed by atoms with E-state index < -0.39 is 6.09 Å². The van der Waals surface area contributed by atoms with E-state index >= 15 is 0 Å². The van der Waals surface area contributed by atoms with Crippen molar-refractivity contribution in [2.75, 3.05) is 6.54 Å². The summed E-state index contributed by atoms with van der Waals surface area (Å²) in [6.07, 6.45) is 6.25. The number of nitrogens with zero attached hydrogens (tertiary/aromatic N) is 1. The lowest BCUT2D eigenvalue weighted by atomic mass is 10.0. The molecule has 2 saturated heterocycles. The quantitative estimate of drug-likeness (QED) is 0.724. The SMILES string of the molecule is CCCCCCCC1OC(=O)N2C(=O)NCC12. The minimum absolute atomic E-state index is 0.0822. The largest absolute Gasteiger partial charge is 0.443 e. The lowest BCUT2D eigenvalue weighted by Crippen LogP contribution is -2.34. The smallest absolute Gasteiger partial charge is 0.418 e. The Kier molecular flexibility index (Phi) is 3.86. The summed E-state index contributed by atoms with van der Waals surface area (Å²) in [5.74, 6) is 0. The van der Waals surface area contributed by atoms with E-state index in [0.717, 1.165) is 12.8 Å². The fraction of sp³-hybridized carbons (Fsp3) is 0.833. The molecule has 96 valence electrons. The third-order valence-electron chi connectivity index (χ3n) is 3.48. The van der Waals surface area contributed by atoms with Gasteiger partial charge in [-0.25, -0.2) is 14.5 Å². The maximum absolute atomic E-state index is 11.5. The molecule has 0 aromatic carbocycles. The van der Waals surface area contributed by atoms with Crippen LogP contribution < -0.4 is 5.32 Å². The maximum atomic E-state index is 11.5. The number of hydrogen-bond acceptors (Lipinski definition) is 3. The summed E-state index contributed by atoms with van der Waals surface area (Å²) in [5, 5.41) is 2.68. The van der Waals surface area contributed by atoms with Crippen molar-refractivity contribution in [3.63, 3.8) is 0 Å². The second-order valence-corrected chi connectivity index (χ2v) is 4.75. The van der Waals surface area contributed by atoms with Gasteiger partial charge in [0.25, 0.3) is 0 Å². The van der Waals surface area contributed by atoms with Gasteiger partial charge in [-0.3, -0.25) is 0 Å². The monoisotopic (exact) mass is 240 g/mol. The standard InChI is InChI=1S/C12H20N2O3/c1-2-3-4-5-6-7-10-9-8-13-11(15)14(9)12(16)17-10/h9-10H,2-8H2,1H3,(H,13,15). The van der Waals surface area contributed by atoms with Crippen molar-refractivity contribution in [1.29, 1.82) is 0 Å². The number of imide groups is 1. The van der Waals surface area contributed by atoms with Crippen LogP contribution in [0.25, 0.3) is 0 Å². The second kappa shape index (κ2) is 5.38. The number of rotatable bonds is 6. The number of fused-ring (bicyclic) bond motifs is 1. The number of urea groups is 1. The first-order chi connectivity index (χ1) is 8.24. The predicted octanol–water partition coefficient (Wildman–Crippen LogP) is 2.26. The van der Waals surface area contributed by atoms with Crippen molar-refractivity contribution in [3.05, 3.63) is 0 Å². The van der Waals surface area contributed by atoms with Crippen LogP contribution in [-0.2, 0) is 4.74 Å². The van der Waals surface area contributed by atoms with Crippen molar-refractivity contribution in [2.45, 2.75) is 57.6 Å². The summed E-state index contributed by atoms with van der Waals surface area (Å²) < 4.78 is 5.23. The van der Waals surface area contributed by atoms with Gasteiger partial charge in [0.15, 0.2) is 0 Å². The molecule has 0 radical (unpaired) electrons. The van der Waals surface area contributed by atoms with Crippen molar-refractivity contribution in [3.8, 4) is 0 Å². The van der Waals surface area contributed by atoms with Crippen molar-refractivity contribution in [1.82, 2.24) is 10.2 Å². The van der Waals surface area contributed by atoms with Crippen molar-refractivity contribution < 1.29 is 14.3 Å². The first-order valence-electron chi connectivity index (χ1n) is 6.51. The van der Waals surface area contributed by atoms with Crippen LogP contribution >= 0.6 is 0 Å². The van der Waals surface area contributed by atoms with Gasteiger partial charge in [-0.05, 0) is 12.8 Å². The molecule has 2 atom stereocenters. The Hall–Kier alpha value is -1.26. The topological polar surface area (TPSA) is 58.6 Å². The first kappa shape index (κ1) is 12.2. The first-order valence-corrected chi connectivity index (χ1v) is 6.51. The third kappa shape index (κ3) is 2.53. The molecule has 0 saturated carbocycles. The zero-order valence-corrected chi connectivity index (χ0v) is 10.3. The molecule has 0 spiro atoms. The summed E-state index contributed by atoms with van der Waals surface area (Å²) in [5.41, 5.74) is 0. The number of ether oxygens (including phenoxy) is 1. The third-order valence-corrected chi connectivity index (χ3v) is 3.48. The fourth-order valence-electron chi connectivity index (χ4n) is 2.50. The maximum Gasteiger partial charge on any atom is 0.418 e. The molecule has 0 aromatic rings. The highest BCUT2D eigenvalue weighted by Crippen LogP contribution is 2.26. The van der Waals surface area contributed by atoms with E-state index in [1.54, 1.807) is 0 Å². The number of amides is 3. The summed E-state index contributed by atoms with van der Waals surface area (Å²) in [6.45, 7) is 2.72. The number of cyclic esters (lactones) is 1. The minimum atomic E-state index is -0.483. The van der Waals surface area contributed by atoms with Gasteiger partial charge in [-0.15, -0.1) is 0 Å². The molecule has 5 nitrogen and oxygen atoms in total. The van der Waals surface area contributed by atoms with Gasteiger partial charge in [-0.1, -0.05) is 32.6 Å². The molecule has 3 amide bonds. The Balaban J connectivity index is 1.75. The van der Waals surface area contributed by atoms with Crippen LogP contribution in [0.1, 0.15) is 45.4 Å². The average molecular weight is 240 g/mol. The predicted molar refractivity (Wildman–Crippen MR) is 62.7 cm³/mol. The van der Waals surface area contributed by atoms with Crippen LogP contribution in [0.2, 0.25) is 0 Å². The van der Waals surface area contributed by atoms with Gasteiger partial charge in [0.1, 0.15) is 6.10 Å². The summed E-state index contributed by atoms with van der Waals surface area (Å²) in [7, 11) is 0. The highest BCUT2D eigenvalue weighted by Gasteiger charge is 2.48. The van der Waals surface area contributed by atoms with Gasteiger partial charge < -0.3 is 10.1 Å². The molecular weight excluding hydrogens is 220 g/mol. The average Bonchev–Trinajstić information content (AvgIpc) is 2.82. The highest BCUT2D eigenvalue weighted by atomic mass is 16.6. The van der Waals surface area contributed by atoms with Gasteiger partial charge >= 0.3 is 12.1 Å². The van der Waals surface area contributed by atoms with Gasteiger partial charge in [0.05, 0.1) is 6.04 Å².